The molecule has 6 heteroatoms. The summed E-state index contributed by atoms with van der Waals surface area (Å²) in [5, 5.41) is 0.803. The van der Waals surface area contributed by atoms with Crippen LogP contribution < -0.4 is 4.74 Å². The van der Waals surface area contributed by atoms with E-state index in [1.807, 2.05) is 48.5 Å². The van der Waals surface area contributed by atoms with Crippen LogP contribution in [-0.2, 0) is 16.4 Å². The van der Waals surface area contributed by atoms with Gasteiger partial charge in [0.05, 0.1) is 11.5 Å². The van der Waals surface area contributed by atoms with Gasteiger partial charge in [-0.1, -0.05) is 48.0 Å². The van der Waals surface area contributed by atoms with Crippen LogP contribution in [0.2, 0.25) is 5.02 Å². The molecule has 0 spiro atoms. The average molecular weight is 484 g/mol. The minimum absolute atomic E-state index is 0.335. The monoisotopic (exact) mass is 483 g/mol. The first-order chi connectivity index (χ1) is 15.9. The molecule has 4 nitrogen and oxygen atoms in total. The van der Waals surface area contributed by atoms with Gasteiger partial charge in [-0.25, -0.2) is 8.42 Å². The van der Waals surface area contributed by atoms with Gasteiger partial charge in [0.15, 0.2) is 9.84 Å². The lowest BCUT2D eigenvalue weighted by molar-refractivity contribution is 0.157. The number of piperidine rings is 1. The van der Waals surface area contributed by atoms with Crippen LogP contribution in [0.3, 0.4) is 0 Å². The maximum atomic E-state index is 11.6. The van der Waals surface area contributed by atoms with E-state index in [-0.39, 0.29) is 0 Å². The van der Waals surface area contributed by atoms with Crippen LogP contribution in [0.15, 0.2) is 77.7 Å². The molecule has 0 atom stereocenters. The molecule has 4 rings (SSSR count). The number of hydrogen-bond acceptors (Lipinski definition) is 4. The normalized spacial score (nSPS) is 15.5. The first-order valence-corrected chi connectivity index (χ1v) is 13.6. The lowest BCUT2D eigenvalue weighted by Gasteiger charge is -2.32. The van der Waals surface area contributed by atoms with Crippen molar-refractivity contribution in [2.75, 3.05) is 26.0 Å². The molecule has 174 valence electrons. The molecule has 3 aromatic carbocycles. The van der Waals surface area contributed by atoms with Gasteiger partial charge in [-0.3, -0.25) is 4.90 Å². The largest absolute Gasteiger partial charge is 0.494 e. The van der Waals surface area contributed by atoms with Gasteiger partial charge in [-0.2, -0.15) is 0 Å². The molecule has 0 radical (unpaired) electrons. The van der Waals surface area contributed by atoms with Gasteiger partial charge in [0.25, 0.3) is 0 Å². The van der Waals surface area contributed by atoms with E-state index in [0.717, 1.165) is 54.6 Å². The first kappa shape index (κ1) is 23.8. The molecule has 0 aromatic heterocycles. The maximum Gasteiger partial charge on any atom is 0.175 e. The minimum Gasteiger partial charge on any atom is -0.494 e. The van der Waals surface area contributed by atoms with E-state index >= 15 is 0 Å². The number of halogens is 1. The first-order valence-electron chi connectivity index (χ1n) is 11.4. The molecule has 0 aliphatic carbocycles. The third kappa shape index (κ3) is 6.83. The van der Waals surface area contributed by atoms with Crippen LogP contribution in [0.25, 0.3) is 11.1 Å². The summed E-state index contributed by atoms with van der Waals surface area (Å²) in [5.74, 6) is 1.57. The van der Waals surface area contributed by atoms with Gasteiger partial charge in [0.2, 0.25) is 0 Å². The van der Waals surface area contributed by atoms with Crippen molar-refractivity contribution in [2.45, 2.75) is 30.7 Å². The second-order valence-electron chi connectivity index (χ2n) is 8.81. The summed E-state index contributed by atoms with van der Waals surface area (Å²) < 4.78 is 29.2. The predicted octanol–water partition coefficient (Wildman–Crippen LogP) is 6.09. The highest BCUT2D eigenvalue weighted by Gasteiger charge is 2.19. The summed E-state index contributed by atoms with van der Waals surface area (Å²) in [7, 11) is -3.17. The smallest absolute Gasteiger partial charge is 0.175 e. The molecular formula is C27H30ClNO3S. The molecule has 0 N–H and O–H groups in total. The molecule has 1 heterocycles. The Morgan fingerprint density at radius 2 is 1.58 bits per heavy atom. The second-order valence-corrected chi connectivity index (χ2v) is 11.3. The third-order valence-electron chi connectivity index (χ3n) is 6.27. The molecule has 1 aliphatic heterocycles. The zero-order chi connectivity index (χ0) is 23.3. The molecule has 0 saturated carbocycles. The quantitative estimate of drug-likeness (QED) is 0.389. The Hall–Kier alpha value is -2.34. The number of rotatable bonds is 8. The molecule has 1 fully saturated rings. The highest BCUT2D eigenvalue weighted by Crippen LogP contribution is 2.26. The molecule has 0 bridgehead atoms. The number of likely N-dealkylation sites (tertiary alicyclic amines) is 1. The maximum absolute atomic E-state index is 11.6. The van der Waals surface area contributed by atoms with E-state index in [4.69, 9.17) is 16.3 Å². The van der Waals surface area contributed by atoms with Gasteiger partial charge < -0.3 is 4.74 Å². The van der Waals surface area contributed by atoms with Crippen LogP contribution >= 0.6 is 11.6 Å². The lowest BCUT2D eigenvalue weighted by atomic mass is 9.93. The van der Waals surface area contributed by atoms with Crippen molar-refractivity contribution in [3.63, 3.8) is 0 Å². The molecule has 1 aliphatic rings. The van der Waals surface area contributed by atoms with E-state index in [1.54, 1.807) is 12.1 Å². The lowest BCUT2D eigenvalue weighted by Crippen LogP contribution is -2.33. The van der Waals surface area contributed by atoms with Crippen molar-refractivity contribution < 1.29 is 13.2 Å². The van der Waals surface area contributed by atoms with Gasteiger partial charge in [-0.15, -0.1) is 0 Å². The summed E-state index contributed by atoms with van der Waals surface area (Å²) in [5.41, 5.74) is 3.30. The van der Waals surface area contributed by atoms with Gasteiger partial charge >= 0.3 is 0 Å². The van der Waals surface area contributed by atoms with Gasteiger partial charge in [0, 0.05) is 17.8 Å². The van der Waals surface area contributed by atoms with Gasteiger partial charge in [0.1, 0.15) is 5.75 Å². The summed E-state index contributed by atoms with van der Waals surface area (Å²) >= 11 is 6.10. The second kappa shape index (κ2) is 10.7. The number of ether oxygens (including phenoxy) is 1. The summed E-state index contributed by atoms with van der Waals surface area (Å²) in [4.78, 5) is 2.84. The van der Waals surface area contributed by atoms with Crippen LogP contribution in [0.5, 0.6) is 5.75 Å². The standard InChI is InChI=1S/C27H30ClNO3S/c1-33(30,31)27-11-7-24(8-12-27)23-5-9-26(10-6-23)32-18-15-21-13-16-29(17-14-21)20-22-3-2-4-25(28)19-22/h2-12,19,21H,13-18,20H2,1H3. The number of hydrogen-bond donors (Lipinski definition) is 0. The fourth-order valence-electron chi connectivity index (χ4n) is 4.31. The van der Waals surface area contributed by atoms with Crippen molar-refractivity contribution in [1.29, 1.82) is 0 Å². The predicted molar refractivity (Wildman–Crippen MR) is 135 cm³/mol. The summed E-state index contributed by atoms with van der Waals surface area (Å²) in [6.45, 7) is 3.92. The zero-order valence-corrected chi connectivity index (χ0v) is 20.5. The Morgan fingerprint density at radius 1 is 0.939 bits per heavy atom. The molecule has 3 aromatic rings. The van der Waals surface area contributed by atoms with E-state index in [9.17, 15) is 8.42 Å². The summed E-state index contributed by atoms with van der Waals surface area (Å²) in [6.07, 6.45) is 4.69. The van der Waals surface area contributed by atoms with E-state index < -0.39 is 9.84 Å². The van der Waals surface area contributed by atoms with Crippen molar-refractivity contribution in [1.82, 2.24) is 4.90 Å². The van der Waals surface area contributed by atoms with E-state index in [1.165, 1.54) is 24.7 Å². The van der Waals surface area contributed by atoms with Crippen molar-refractivity contribution in [3.05, 3.63) is 83.4 Å². The Kier molecular flexibility index (Phi) is 7.74. The number of benzene rings is 3. The van der Waals surface area contributed by atoms with Crippen molar-refractivity contribution in [2.24, 2.45) is 5.92 Å². The van der Waals surface area contributed by atoms with Crippen LogP contribution in [0, 0.1) is 5.92 Å². The SMILES string of the molecule is CS(=O)(=O)c1ccc(-c2ccc(OCCC3CCN(Cc4cccc(Cl)c4)CC3)cc2)cc1. The Balaban J connectivity index is 1.20. The number of nitrogens with zero attached hydrogens (tertiary/aromatic N) is 1. The molecule has 33 heavy (non-hydrogen) atoms. The van der Waals surface area contributed by atoms with Crippen LogP contribution in [0.4, 0.5) is 0 Å². The zero-order valence-electron chi connectivity index (χ0n) is 18.9. The van der Waals surface area contributed by atoms with Gasteiger partial charge in [-0.05, 0) is 91.4 Å². The van der Waals surface area contributed by atoms with E-state index in [0.29, 0.717) is 10.8 Å². The molecule has 1 saturated heterocycles. The Bertz CT molecular complexity index is 1150. The fourth-order valence-corrected chi connectivity index (χ4v) is 5.15. The third-order valence-corrected chi connectivity index (χ3v) is 7.63. The topological polar surface area (TPSA) is 46.6 Å². The molecular weight excluding hydrogens is 454 g/mol. The Morgan fingerprint density at radius 3 is 2.18 bits per heavy atom. The van der Waals surface area contributed by atoms with Crippen molar-refractivity contribution in [3.8, 4) is 16.9 Å². The van der Waals surface area contributed by atoms with Crippen LogP contribution in [-0.4, -0.2) is 39.3 Å². The van der Waals surface area contributed by atoms with E-state index in [2.05, 4.69) is 17.0 Å². The van der Waals surface area contributed by atoms with Crippen LogP contribution in [0.1, 0.15) is 24.8 Å². The molecule has 0 unspecified atom stereocenters. The average Bonchev–Trinajstić information content (AvgIpc) is 2.80. The Labute approximate surface area is 202 Å². The van der Waals surface area contributed by atoms with Crippen molar-refractivity contribution >= 4 is 21.4 Å². The highest BCUT2D eigenvalue weighted by molar-refractivity contribution is 7.90. The number of sulfone groups is 1. The minimum atomic E-state index is -3.17. The summed E-state index contributed by atoms with van der Waals surface area (Å²) in [6, 6.07) is 23.1. The fraction of sp³-hybridized carbons (Fsp3) is 0.333. The molecule has 0 amide bonds. The highest BCUT2D eigenvalue weighted by atomic mass is 35.5.